The van der Waals surface area contributed by atoms with Crippen molar-refractivity contribution in [3.05, 3.63) is 33.8 Å². The molecule has 1 unspecified atom stereocenters. The van der Waals surface area contributed by atoms with E-state index in [9.17, 15) is 9.59 Å². The maximum atomic E-state index is 12.6. The average molecular weight is 397 g/mol. The van der Waals surface area contributed by atoms with Crippen molar-refractivity contribution in [2.75, 3.05) is 39.9 Å². The Labute approximate surface area is 157 Å². The van der Waals surface area contributed by atoms with Gasteiger partial charge in [-0.15, -0.1) is 12.4 Å². The minimum Gasteiger partial charge on any atom is -0.383 e. The van der Waals surface area contributed by atoms with Gasteiger partial charge in [0.25, 0.3) is 5.91 Å². The Hall–Kier alpha value is -1.05. The molecule has 0 spiro atoms. The molecule has 2 rings (SSSR count). The molecule has 1 heterocycles. The van der Waals surface area contributed by atoms with E-state index in [4.69, 9.17) is 33.7 Å². The lowest BCUT2D eigenvalue weighted by Gasteiger charge is -2.36. The van der Waals surface area contributed by atoms with Gasteiger partial charge in [-0.25, -0.2) is 0 Å². The van der Waals surface area contributed by atoms with Gasteiger partial charge in [0, 0.05) is 33.3 Å². The minimum absolute atomic E-state index is 0. The highest BCUT2D eigenvalue weighted by Gasteiger charge is 2.29. The summed E-state index contributed by atoms with van der Waals surface area (Å²) in [4.78, 5) is 28.0. The maximum absolute atomic E-state index is 12.6. The molecule has 1 aromatic carbocycles. The number of halogens is 3. The van der Waals surface area contributed by atoms with E-state index in [1.807, 2.05) is 0 Å². The van der Waals surface area contributed by atoms with Crippen LogP contribution in [0.25, 0.3) is 0 Å². The average Bonchev–Trinajstić information content (AvgIpc) is 2.54. The number of nitrogens with zero attached hydrogens (tertiary/aromatic N) is 2. The van der Waals surface area contributed by atoms with Crippen molar-refractivity contribution in [1.82, 2.24) is 9.80 Å². The van der Waals surface area contributed by atoms with Crippen molar-refractivity contribution in [2.24, 2.45) is 5.73 Å². The highest BCUT2D eigenvalue weighted by Crippen LogP contribution is 2.26. The zero-order valence-corrected chi connectivity index (χ0v) is 15.5. The summed E-state index contributed by atoms with van der Waals surface area (Å²) < 4.78 is 4.89. The quantitative estimate of drug-likeness (QED) is 0.840. The predicted molar refractivity (Wildman–Crippen MR) is 96.0 cm³/mol. The third kappa shape index (κ3) is 4.74. The van der Waals surface area contributed by atoms with Crippen LogP contribution in [0.3, 0.4) is 0 Å². The molecule has 1 atom stereocenters. The summed E-state index contributed by atoms with van der Waals surface area (Å²) in [5.41, 5.74) is 6.05. The topological polar surface area (TPSA) is 75.9 Å². The van der Waals surface area contributed by atoms with E-state index in [1.165, 1.54) is 7.11 Å². The van der Waals surface area contributed by atoms with Crippen LogP contribution in [0.2, 0.25) is 10.0 Å². The highest BCUT2D eigenvalue weighted by atomic mass is 35.5. The summed E-state index contributed by atoms with van der Waals surface area (Å²) in [5, 5.41) is 0.645. The molecule has 6 nitrogen and oxygen atoms in total. The Morgan fingerprint density at radius 1 is 1.17 bits per heavy atom. The zero-order valence-electron chi connectivity index (χ0n) is 13.2. The van der Waals surface area contributed by atoms with E-state index < -0.39 is 6.04 Å². The molecule has 0 saturated carbocycles. The van der Waals surface area contributed by atoms with Gasteiger partial charge in [0.1, 0.15) is 6.04 Å². The first kappa shape index (κ1) is 21.0. The van der Waals surface area contributed by atoms with Gasteiger partial charge < -0.3 is 20.3 Å². The lowest BCUT2D eigenvalue weighted by atomic mass is 10.1. The van der Waals surface area contributed by atoms with Gasteiger partial charge in [0.2, 0.25) is 5.91 Å². The van der Waals surface area contributed by atoms with Crippen LogP contribution in [-0.4, -0.2) is 67.6 Å². The second kappa shape index (κ2) is 9.44. The van der Waals surface area contributed by atoms with Crippen molar-refractivity contribution in [1.29, 1.82) is 0 Å². The Bertz CT molecular complexity index is 572. The predicted octanol–water partition coefficient (Wildman–Crippen LogP) is 1.67. The van der Waals surface area contributed by atoms with E-state index in [-0.39, 0.29) is 30.8 Å². The summed E-state index contributed by atoms with van der Waals surface area (Å²) >= 11 is 12.1. The van der Waals surface area contributed by atoms with E-state index in [0.29, 0.717) is 41.8 Å². The normalized spacial score (nSPS) is 15.7. The number of methoxy groups -OCH3 is 1. The Kier molecular flexibility index (Phi) is 8.26. The zero-order chi connectivity index (χ0) is 17.0. The molecule has 0 bridgehead atoms. The first-order valence-corrected chi connectivity index (χ1v) is 7.98. The Morgan fingerprint density at radius 3 is 2.17 bits per heavy atom. The number of ether oxygens (including phenoxy) is 1. The molecule has 0 radical (unpaired) electrons. The number of rotatable bonds is 4. The van der Waals surface area contributed by atoms with E-state index in [1.54, 1.807) is 28.0 Å². The molecule has 1 saturated heterocycles. The fourth-order valence-corrected chi connectivity index (χ4v) is 3.03. The third-order valence-electron chi connectivity index (χ3n) is 3.72. The van der Waals surface area contributed by atoms with Crippen molar-refractivity contribution in [3.63, 3.8) is 0 Å². The van der Waals surface area contributed by atoms with Crippen molar-refractivity contribution in [3.8, 4) is 0 Å². The van der Waals surface area contributed by atoms with Gasteiger partial charge >= 0.3 is 0 Å². The second-order valence-electron chi connectivity index (χ2n) is 5.28. The van der Waals surface area contributed by atoms with Crippen LogP contribution in [0.15, 0.2) is 18.2 Å². The fraction of sp³-hybridized carbons (Fsp3) is 0.467. The molecular weight excluding hydrogens is 377 g/mol. The first-order valence-electron chi connectivity index (χ1n) is 7.22. The summed E-state index contributed by atoms with van der Waals surface area (Å²) in [5.74, 6) is -0.399. The summed E-state index contributed by atoms with van der Waals surface area (Å²) in [6.07, 6.45) is 0. The number of hydrogen-bond donors (Lipinski definition) is 1. The van der Waals surface area contributed by atoms with Gasteiger partial charge in [-0.05, 0) is 12.1 Å². The Balaban J connectivity index is 0.00000288. The largest absolute Gasteiger partial charge is 0.383 e. The summed E-state index contributed by atoms with van der Waals surface area (Å²) in [6, 6.07) is 4.27. The van der Waals surface area contributed by atoms with Crippen molar-refractivity contribution >= 4 is 47.4 Å². The number of nitrogens with two attached hydrogens (primary N) is 1. The minimum atomic E-state index is -0.680. The second-order valence-corrected chi connectivity index (χ2v) is 6.09. The number of carbonyl (C=O) groups excluding carboxylic acids is 2. The lowest BCUT2D eigenvalue weighted by molar-refractivity contribution is -0.135. The van der Waals surface area contributed by atoms with Crippen LogP contribution in [0.5, 0.6) is 0 Å². The monoisotopic (exact) mass is 395 g/mol. The smallest absolute Gasteiger partial charge is 0.257 e. The van der Waals surface area contributed by atoms with Crippen LogP contribution >= 0.6 is 35.6 Å². The molecule has 2 N–H and O–H groups in total. The van der Waals surface area contributed by atoms with Crippen molar-refractivity contribution in [2.45, 2.75) is 6.04 Å². The van der Waals surface area contributed by atoms with Gasteiger partial charge in [0.15, 0.2) is 0 Å². The van der Waals surface area contributed by atoms with E-state index in [2.05, 4.69) is 0 Å². The molecule has 1 aromatic rings. The van der Waals surface area contributed by atoms with Crippen LogP contribution in [-0.2, 0) is 9.53 Å². The highest BCUT2D eigenvalue weighted by molar-refractivity contribution is 6.39. The summed E-state index contributed by atoms with van der Waals surface area (Å²) in [6.45, 7) is 1.83. The first-order chi connectivity index (χ1) is 11.0. The standard InChI is InChI=1S/C15H19Cl2N3O3.ClH/c1-23-9-12(18)14(21)19-5-7-20(8-6-19)15(22)13-10(16)3-2-4-11(13)17;/h2-4,12H,5-9,18H2,1H3;1H. The lowest BCUT2D eigenvalue weighted by Crippen LogP contribution is -2.55. The maximum Gasteiger partial charge on any atom is 0.257 e. The molecule has 2 amide bonds. The van der Waals surface area contributed by atoms with Gasteiger partial charge in [-0.2, -0.15) is 0 Å². The van der Waals surface area contributed by atoms with Crippen LogP contribution in [0, 0.1) is 0 Å². The molecule has 9 heteroatoms. The molecule has 1 aliphatic rings. The number of benzene rings is 1. The van der Waals surface area contributed by atoms with Crippen LogP contribution < -0.4 is 5.73 Å². The van der Waals surface area contributed by atoms with Gasteiger partial charge in [0.05, 0.1) is 22.2 Å². The van der Waals surface area contributed by atoms with Crippen molar-refractivity contribution < 1.29 is 14.3 Å². The molecular formula is C15H20Cl3N3O3. The molecule has 0 aromatic heterocycles. The van der Waals surface area contributed by atoms with E-state index >= 15 is 0 Å². The molecule has 1 fully saturated rings. The van der Waals surface area contributed by atoms with Crippen LogP contribution in [0.4, 0.5) is 0 Å². The number of carbonyl (C=O) groups is 2. The van der Waals surface area contributed by atoms with Crippen LogP contribution in [0.1, 0.15) is 10.4 Å². The van der Waals surface area contributed by atoms with E-state index in [0.717, 1.165) is 0 Å². The molecule has 134 valence electrons. The SMILES string of the molecule is COCC(N)C(=O)N1CCN(C(=O)c2c(Cl)cccc2Cl)CC1.Cl. The number of piperazine rings is 1. The van der Waals surface area contributed by atoms with Gasteiger partial charge in [-0.3, -0.25) is 9.59 Å². The molecule has 1 aliphatic heterocycles. The third-order valence-corrected chi connectivity index (χ3v) is 4.35. The number of hydrogen-bond acceptors (Lipinski definition) is 4. The summed E-state index contributed by atoms with van der Waals surface area (Å²) in [7, 11) is 1.50. The molecule has 24 heavy (non-hydrogen) atoms. The molecule has 0 aliphatic carbocycles. The number of amides is 2. The van der Waals surface area contributed by atoms with Gasteiger partial charge in [-0.1, -0.05) is 29.3 Å². The Morgan fingerprint density at radius 2 is 1.67 bits per heavy atom. The fourth-order valence-electron chi connectivity index (χ4n) is 2.48.